The molecular weight excluding hydrogens is 546 g/mol. The van der Waals surface area contributed by atoms with Crippen LogP contribution in [0.2, 0.25) is 0 Å². The molecule has 2 aromatic carbocycles. The molecule has 9 nitrogen and oxygen atoms in total. The number of hydrogen-bond acceptors (Lipinski definition) is 6. The molecule has 0 radical (unpaired) electrons. The summed E-state index contributed by atoms with van der Waals surface area (Å²) in [4.78, 5) is 32.3. The smallest absolute Gasteiger partial charge is 0.435 e. The lowest BCUT2D eigenvalue weighted by molar-refractivity contribution is -0.142. The normalized spacial score (nSPS) is 13.8. The van der Waals surface area contributed by atoms with Crippen LogP contribution in [0.5, 0.6) is 0 Å². The van der Waals surface area contributed by atoms with E-state index in [1.54, 1.807) is 27.7 Å². The lowest BCUT2D eigenvalue weighted by Crippen LogP contribution is -2.40. The van der Waals surface area contributed by atoms with Crippen molar-refractivity contribution in [2.75, 3.05) is 18.5 Å². The summed E-state index contributed by atoms with van der Waals surface area (Å²) in [7, 11) is 1.38. The van der Waals surface area contributed by atoms with Gasteiger partial charge in [-0.3, -0.25) is 4.79 Å². The molecule has 2 amide bonds. The standard InChI is InChI=1S/C28H27F4N5O4/c1-15-33-20-12-19(29)22(13-23(20)40-15)35(5)25(38)16-7-6-8-17(11-16)37-21-9-10-36(26(39)41-27(2,3)4)14-18(21)24(34-37)28(30,31)32/h6-8,11-13H,9-10,14H2,1-5H3. The van der Waals surface area contributed by atoms with Gasteiger partial charge in [0.2, 0.25) is 0 Å². The Hall–Kier alpha value is -4.42. The lowest BCUT2D eigenvalue weighted by Gasteiger charge is -2.30. The molecule has 0 atom stereocenters. The number of nitrogens with zero attached hydrogens (tertiary/aromatic N) is 5. The molecule has 2 aromatic heterocycles. The van der Waals surface area contributed by atoms with Gasteiger partial charge in [0.25, 0.3) is 5.91 Å². The van der Waals surface area contributed by atoms with E-state index >= 15 is 0 Å². The fraction of sp³-hybridized carbons (Fsp3) is 0.357. The van der Waals surface area contributed by atoms with Crippen LogP contribution in [0.4, 0.5) is 28.0 Å². The zero-order valence-corrected chi connectivity index (χ0v) is 23.0. The molecule has 0 unspecified atom stereocenters. The van der Waals surface area contributed by atoms with Crippen LogP contribution in [0.15, 0.2) is 40.8 Å². The zero-order valence-electron chi connectivity index (χ0n) is 23.0. The van der Waals surface area contributed by atoms with Gasteiger partial charge in [-0.05, 0) is 39.0 Å². The molecular formula is C28H27F4N5O4. The van der Waals surface area contributed by atoms with Gasteiger partial charge >= 0.3 is 12.3 Å². The molecule has 0 saturated heterocycles. The van der Waals surface area contributed by atoms with Gasteiger partial charge in [-0.2, -0.15) is 18.3 Å². The molecule has 5 rings (SSSR count). The highest BCUT2D eigenvalue weighted by Crippen LogP contribution is 2.37. The predicted octanol–water partition coefficient (Wildman–Crippen LogP) is 6.05. The van der Waals surface area contributed by atoms with Crippen molar-refractivity contribution in [1.29, 1.82) is 0 Å². The van der Waals surface area contributed by atoms with E-state index in [2.05, 4.69) is 10.1 Å². The molecule has 216 valence electrons. The van der Waals surface area contributed by atoms with Gasteiger partial charge in [0.1, 0.15) is 16.9 Å². The van der Waals surface area contributed by atoms with E-state index < -0.39 is 35.3 Å². The van der Waals surface area contributed by atoms with Crippen LogP contribution in [-0.4, -0.2) is 50.9 Å². The van der Waals surface area contributed by atoms with Crippen molar-refractivity contribution >= 4 is 28.8 Å². The van der Waals surface area contributed by atoms with Crippen molar-refractivity contribution in [3.63, 3.8) is 0 Å². The van der Waals surface area contributed by atoms with Crippen molar-refractivity contribution in [1.82, 2.24) is 19.7 Å². The van der Waals surface area contributed by atoms with Gasteiger partial charge < -0.3 is 19.0 Å². The number of carbonyl (C=O) groups excluding carboxylic acids is 2. The zero-order chi connectivity index (χ0) is 29.9. The van der Waals surface area contributed by atoms with Crippen LogP contribution >= 0.6 is 0 Å². The SMILES string of the molecule is Cc1nc2cc(F)c(N(C)C(=O)c3cccc(-n4nc(C(F)(F)F)c5c4CCN(C(=O)OC(C)(C)C)C5)c3)cc2o1. The first-order chi connectivity index (χ1) is 19.1. The van der Waals surface area contributed by atoms with Gasteiger partial charge in [0.15, 0.2) is 17.2 Å². The fourth-order valence-electron chi connectivity index (χ4n) is 4.73. The molecule has 13 heteroatoms. The van der Waals surface area contributed by atoms with E-state index in [-0.39, 0.29) is 47.7 Å². The quantitative estimate of drug-likeness (QED) is 0.277. The predicted molar refractivity (Wildman–Crippen MR) is 140 cm³/mol. The van der Waals surface area contributed by atoms with Crippen LogP contribution in [-0.2, 0) is 23.9 Å². The van der Waals surface area contributed by atoms with E-state index in [0.717, 1.165) is 15.6 Å². The molecule has 41 heavy (non-hydrogen) atoms. The number of aromatic nitrogens is 3. The highest BCUT2D eigenvalue weighted by atomic mass is 19.4. The van der Waals surface area contributed by atoms with E-state index in [1.807, 2.05) is 0 Å². The molecule has 1 aliphatic rings. The minimum absolute atomic E-state index is 0.0536. The number of anilines is 1. The van der Waals surface area contributed by atoms with E-state index in [0.29, 0.717) is 17.0 Å². The largest absolute Gasteiger partial charge is 0.444 e. The molecule has 0 N–H and O–H groups in total. The molecule has 1 aliphatic heterocycles. The average molecular weight is 574 g/mol. The summed E-state index contributed by atoms with van der Waals surface area (Å²) in [5, 5.41) is 3.86. The number of ether oxygens (including phenoxy) is 1. The van der Waals surface area contributed by atoms with Gasteiger partial charge in [-0.15, -0.1) is 0 Å². The van der Waals surface area contributed by atoms with Crippen molar-refractivity contribution in [2.45, 2.75) is 52.4 Å². The number of hydrogen-bond donors (Lipinski definition) is 0. The van der Waals surface area contributed by atoms with E-state index in [4.69, 9.17) is 9.15 Å². The number of carbonyl (C=O) groups is 2. The maximum absolute atomic E-state index is 14.8. The van der Waals surface area contributed by atoms with Crippen LogP contribution in [0.25, 0.3) is 16.8 Å². The third-order valence-electron chi connectivity index (χ3n) is 6.55. The first-order valence-corrected chi connectivity index (χ1v) is 12.7. The maximum Gasteiger partial charge on any atom is 0.435 e. The van der Waals surface area contributed by atoms with Crippen molar-refractivity contribution < 1.29 is 36.3 Å². The number of halogens is 4. The summed E-state index contributed by atoms with van der Waals surface area (Å²) in [5.74, 6) is -0.953. The van der Waals surface area contributed by atoms with Crippen molar-refractivity contribution in [3.05, 3.63) is 70.6 Å². The number of benzene rings is 2. The molecule has 0 bridgehead atoms. The second-order valence-corrected chi connectivity index (χ2v) is 10.8. The Morgan fingerprint density at radius 2 is 1.85 bits per heavy atom. The Kier molecular flexibility index (Phi) is 6.79. The molecule has 0 fully saturated rings. The van der Waals surface area contributed by atoms with Gasteiger partial charge in [0.05, 0.1) is 23.6 Å². The third-order valence-corrected chi connectivity index (χ3v) is 6.55. The Bertz CT molecular complexity index is 1670. The minimum Gasteiger partial charge on any atom is -0.444 e. The van der Waals surface area contributed by atoms with Gasteiger partial charge in [0, 0.05) is 50.2 Å². The fourth-order valence-corrected chi connectivity index (χ4v) is 4.73. The summed E-state index contributed by atoms with van der Waals surface area (Å²) in [6, 6.07) is 8.42. The number of rotatable bonds is 3. The number of fused-ring (bicyclic) bond motifs is 2. The summed E-state index contributed by atoms with van der Waals surface area (Å²) < 4.78 is 68.9. The van der Waals surface area contributed by atoms with E-state index in [1.165, 1.54) is 42.3 Å². The lowest BCUT2D eigenvalue weighted by atomic mass is 10.0. The van der Waals surface area contributed by atoms with Crippen molar-refractivity contribution in [2.24, 2.45) is 0 Å². The minimum atomic E-state index is -4.78. The molecule has 0 aliphatic carbocycles. The number of oxazole rings is 1. The van der Waals surface area contributed by atoms with Crippen LogP contribution in [0, 0.1) is 12.7 Å². The molecule has 0 spiro atoms. The summed E-state index contributed by atoms with van der Waals surface area (Å²) >= 11 is 0. The first-order valence-electron chi connectivity index (χ1n) is 12.7. The number of aryl methyl sites for hydroxylation is 1. The Balaban J connectivity index is 1.48. The average Bonchev–Trinajstić information content (AvgIpc) is 3.45. The maximum atomic E-state index is 14.8. The van der Waals surface area contributed by atoms with Gasteiger partial charge in [-0.1, -0.05) is 6.07 Å². The monoisotopic (exact) mass is 573 g/mol. The third kappa shape index (κ3) is 5.48. The second kappa shape index (κ2) is 9.89. The van der Waals surface area contributed by atoms with Crippen LogP contribution in [0.3, 0.4) is 0 Å². The number of alkyl halides is 3. The highest BCUT2D eigenvalue weighted by molar-refractivity contribution is 6.06. The first kappa shape index (κ1) is 28.1. The second-order valence-electron chi connectivity index (χ2n) is 10.8. The van der Waals surface area contributed by atoms with Crippen LogP contribution < -0.4 is 4.90 Å². The Morgan fingerprint density at radius 3 is 2.54 bits per heavy atom. The summed E-state index contributed by atoms with van der Waals surface area (Å²) in [6.07, 6.45) is -5.42. The molecule has 3 heterocycles. The highest BCUT2D eigenvalue weighted by Gasteiger charge is 2.42. The van der Waals surface area contributed by atoms with Crippen molar-refractivity contribution in [3.8, 4) is 5.69 Å². The molecule has 0 saturated carbocycles. The Labute approximate surface area is 232 Å². The molecule has 4 aromatic rings. The van der Waals surface area contributed by atoms with Crippen LogP contribution in [0.1, 0.15) is 54.0 Å². The summed E-state index contributed by atoms with van der Waals surface area (Å²) in [5.41, 5.74) is -0.929. The van der Waals surface area contributed by atoms with E-state index in [9.17, 15) is 27.2 Å². The summed E-state index contributed by atoms with van der Waals surface area (Å²) in [6.45, 7) is 6.43. The van der Waals surface area contributed by atoms with Gasteiger partial charge in [-0.25, -0.2) is 18.9 Å². The number of amides is 2. The topological polar surface area (TPSA) is 93.7 Å². The Morgan fingerprint density at radius 1 is 1.12 bits per heavy atom.